The minimum absolute atomic E-state index is 0.135. The van der Waals surface area contributed by atoms with Crippen LogP contribution in [0.5, 0.6) is 0 Å². The molecular formula is C14H22BNO3. The van der Waals surface area contributed by atoms with Gasteiger partial charge in [-0.05, 0) is 45.2 Å². The first kappa shape index (κ1) is 14.3. The second-order valence-corrected chi connectivity index (χ2v) is 6.42. The Bertz CT molecular complexity index is 518. The third-order valence-electron chi connectivity index (χ3n) is 4.14. The molecule has 0 atom stereocenters. The van der Waals surface area contributed by atoms with Crippen molar-refractivity contribution in [3.05, 3.63) is 28.2 Å². The highest BCUT2D eigenvalue weighted by atomic mass is 16.7. The van der Waals surface area contributed by atoms with Crippen LogP contribution in [0, 0.1) is 0 Å². The number of hydrogen-bond donors (Lipinski definition) is 1. The van der Waals surface area contributed by atoms with Gasteiger partial charge in [0.15, 0.2) is 0 Å². The summed E-state index contributed by atoms with van der Waals surface area (Å²) in [6.45, 7) is 12.1. The molecular weight excluding hydrogens is 241 g/mol. The van der Waals surface area contributed by atoms with Gasteiger partial charge in [-0.1, -0.05) is 13.8 Å². The Morgan fingerprint density at radius 2 is 1.68 bits per heavy atom. The highest BCUT2D eigenvalue weighted by molar-refractivity contribution is 6.62. The maximum Gasteiger partial charge on any atom is 0.500 e. The molecule has 1 aromatic heterocycles. The largest absolute Gasteiger partial charge is 0.500 e. The fraction of sp³-hybridized carbons (Fsp3) is 0.643. The van der Waals surface area contributed by atoms with E-state index in [2.05, 4.69) is 18.8 Å². The summed E-state index contributed by atoms with van der Waals surface area (Å²) in [7, 11) is -0.604. The lowest BCUT2D eigenvalue weighted by Crippen LogP contribution is -2.47. The van der Waals surface area contributed by atoms with Gasteiger partial charge in [0.1, 0.15) is 0 Å². The quantitative estimate of drug-likeness (QED) is 0.828. The highest BCUT2D eigenvalue weighted by Gasteiger charge is 2.53. The first-order valence-corrected chi connectivity index (χ1v) is 6.73. The molecule has 0 bridgehead atoms. The van der Waals surface area contributed by atoms with Crippen LogP contribution in [-0.4, -0.2) is 23.3 Å². The molecule has 0 saturated carbocycles. The molecule has 104 valence electrons. The summed E-state index contributed by atoms with van der Waals surface area (Å²) in [6.07, 6.45) is 1.67. The normalized spacial score (nSPS) is 21.1. The van der Waals surface area contributed by atoms with Gasteiger partial charge in [0, 0.05) is 6.20 Å². The first-order chi connectivity index (χ1) is 8.66. The molecule has 19 heavy (non-hydrogen) atoms. The molecule has 5 heteroatoms. The van der Waals surface area contributed by atoms with E-state index in [0.717, 1.165) is 5.56 Å². The Balaban J connectivity index is 2.48. The monoisotopic (exact) mass is 263 g/mol. The van der Waals surface area contributed by atoms with Gasteiger partial charge < -0.3 is 14.3 Å². The van der Waals surface area contributed by atoms with Gasteiger partial charge in [-0.25, -0.2) is 0 Å². The van der Waals surface area contributed by atoms with Gasteiger partial charge in [-0.15, -0.1) is 0 Å². The van der Waals surface area contributed by atoms with Crippen LogP contribution in [-0.2, 0) is 9.31 Å². The number of hydrogen-bond acceptors (Lipinski definition) is 3. The van der Waals surface area contributed by atoms with E-state index < -0.39 is 18.3 Å². The fourth-order valence-corrected chi connectivity index (χ4v) is 2.21. The second-order valence-electron chi connectivity index (χ2n) is 6.42. The van der Waals surface area contributed by atoms with Crippen molar-refractivity contribution in [3.8, 4) is 0 Å². The van der Waals surface area contributed by atoms with Gasteiger partial charge in [-0.3, -0.25) is 4.79 Å². The lowest BCUT2D eigenvalue weighted by molar-refractivity contribution is 0.00578. The van der Waals surface area contributed by atoms with Gasteiger partial charge >= 0.3 is 7.12 Å². The van der Waals surface area contributed by atoms with Crippen LogP contribution >= 0.6 is 0 Å². The lowest BCUT2D eigenvalue weighted by atomic mass is 9.74. The molecule has 2 rings (SSSR count). The Morgan fingerprint density at radius 3 is 2.16 bits per heavy atom. The van der Waals surface area contributed by atoms with Crippen molar-refractivity contribution in [2.75, 3.05) is 0 Å². The maximum atomic E-state index is 12.1. The van der Waals surface area contributed by atoms with Crippen LogP contribution in [0.3, 0.4) is 0 Å². The number of aromatic amines is 1. The van der Waals surface area contributed by atoms with E-state index in [9.17, 15) is 4.79 Å². The summed E-state index contributed by atoms with van der Waals surface area (Å²) in [5, 5.41) is 0. The molecule has 1 saturated heterocycles. The average Bonchev–Trinajstić information content (AvgIpc) is 2.47. The standard InChI is InChI=1S/C14H22BNO3/c1-9(2)10-7-8-16-12(17)11(10)15-18-13(3,4)14(5,6)19-15/h7-9H,1-6H3,(H,16,17). The van der Waals surface area contributed by atoms with E-state index >= 15 is 0 Å². The molecule has 0 amide bonds. The van der Waals surface area contributed by atoms with Gasteiger partial charge in [0.05, 0.1) is 16.7 Å². The molecule has 0 radical (unpaired) electrons. The average molecular weight is 263 g/mol. The summed E-state index contributed by atoms with van der Waals surface area (Å²) in [5.41, 5.74) is 0.561. The summed E-state index contributed by atoms with van der Waals surface area (Å²) in [4.78, 5) is 14.8. The van der Waals surface area contributed by atoms with Crippen molar-refractivity contribution >= 4 is 12.6 Å². The van der Waals surface area contributed by atoms with E-state index in [1.807, 2.05) is 33.8 Å². The summed E-state index contributed by atoms with van der Waals surface area (Å²) >= 11 is 0. The maximum absolute atomic E-state index is 12.1. The molecule has 1 aliphatic heterocycles. The number of rotatable bonds is 2. The third kappa shape index (κ3) is 2.37. The zero-order valence-electron chi connectivity index (χ0n) is 12.5. The predicted octanol–water partition coefficient (Wildman–Crippen LogP) is 1.80. The van der Waals surface area contributed by atoms with Crippen molar-refractivity contribution in [3.63, 3.8) is 0 Å². The van der Waals surface area contributed by atoms with E-state index in [0.29, 0.717) is 5.46 Å². The van der Waals surface area contributed by atoms with Crippen LogP contribution < -0.4 is 11.0 Å². The summed E-state index contributed by atoms with van der Waals surface area (Å²) < 4.78 is 12.0. The van der Waals surface area contributed by atoms with Crippen molar-refractivity contribution in [2.24, 2.45) is 0 Å². The number of aromatic nitrogens is 1. The van der Waals surface area contributed by atoms with Crippen LogP contribution in [0.15, 0.2) is 17.1 Å². The molecule has 0 aliphatic carbocycles. The van der Waals surface area contributed by atoms with Crippen molar-refractivity contribution in [2.45, 2.75) is 58.7 Å². The molecule has 1 fully saturated rings. The van der Waals surface area contributed by atoms with E-state index in [1.165, 1.54) is 0 Å². The van der Waals surface area contributed by atoms with Gasteiger partial charge in [-0.2, -0.15) is 0 Å². The van der Waals surface area contributed by atoms with Crippen LogP contribution in [0.25, 0.3) is 0 Å². The van der Waals surface area contributed by atoms with Crippen molar-refractivity contribution < 1.29 is 9.31 Å². The molecule has 1 N–H and O–H groups in total. The number of H-pyrrole nitrogens is 1. The molecule has 4 nitrogen and oxygen atoms in total. The molecule has 2 heterocycles. The van der Waals surface area contributed by atoms with Crippen molar-refractivity contribution in [1.29, 1.82) is 0 Å². The Kier molecular flexibility index (Phi) is 3.39. The molecule has 0 aromatic carbocycles. The zero-order valence-corrected chi connectivity index (χ0v) is 12.5. The topological polar surface area (TPSA) is 51.3 Å². The zero-order chi connectivity index (χ0) is 14.4. The van der Waals surface area contributed by atoms with Crippen LogP contribution in [0.1, 0.15) is 53.0 Å². The number of pyridine rings is 1. The lowest BCUT2D eigenvalue weighted by Gasteiger charge is -2.32. The molecule has 0 spiro atoms. The van der Waals surface area contributed by atoms with Crippen LogP contribution in [0.2, 0.25) is 0 Å². The first-order valence-electron chi connectivity index (χ1n) is 6.73. The Hall–Kier alpha value is -1.07. The Morgan fingerprint density at radius 1 is 1.16 bits per heavy atom. The van der Waals surface area contributed by atoms with Gasteiger partial charge in [0.25, 0.3) is 0 Å². The van der Waals surface area contributed by atoms with Crippen molar-refractivity contribution in [1.82, 2.24) is 4.98 Å². The summed E-state index contributed by atoms with van der Waals surface area (Å²) in [6, 6.07) is 1.92. The van der Waals surface area contributed by atoms with E-state index in [1.54, 1.807) is 6.20 Å². The highest BCUT2D eigenvalue weighted by Crippen LogP contribution is 2.36. The van der Waals surface area contributed by atoms with Gasteiger partial charge in [0.2, 0.25) is 5.56 Å². The molecule has 0 unspecified atom stereocenters. The van der Waals surface area contributed by atoms with E-state index in [-0.39, 0.29) is 11.5 Å². The number of nitrogens with one attached hydrogen (secondary N) is 1. The molecule has 1 aromatic rings. The molecule has 1 aliphatic rings. The van der Waals surface area contributed by atoms with Crippen LogP contribution in [0.4, 0.5) is 0 Å². The SMILES string of the molecule is CC(C)c1cc[nH]c(=O)c1B1OC(C)(C)C(C)(C)O1. The third-order valence-corrected chi connectivity index (χ3v) is 4.14. The smallest absolute Gasteiger partial charge is 0.399 e. The predicted molar refractivity (Wildman–Crippen MR) is 76.9 cm³/mol. The Labute approximate surface area is 114 Å². The minimum atomic E-state index is -0.604. The minimum Gasteiger partial charge on any atom is -0.399 e. The fourth-order valence-electron chi connectivity index (χ4n) is 2.21. The van der Waals surface area contributed by atoms with E-state index in [4.69, 9.17) is 9.31 Å². The second kappa shape index (κ2) is 4.49. The summed E-state index contributed by atoms with van der Waals surface area (Å²) in [5.74, 6) is 0.247.